The Labute approximate surface area is 216 Å². The third-order valence-corrected chi connectivity index (χ3v) is 6.71. The molecule has 4 aromatic rings. The van der Waals surface area contributed by atoms with E-state index in [1.54, 1.807) is 9.58 Å². The summed E-state index contributed by atoms with van der Waals surface area (Å²) in [6.45, 7) is 1.51. The van der Waals surface area contributed by atoms with Crippen molar-refractivity contribution in [1.29, 1.82) is 0 Å². The van der Waals surface area contributed by atoms with Crippen LogP contribution in [-0.2, 0) is 27.3 Å². The van der Waals surface area contributed by atoms with E-state index in [1.807, 2.05) is 84.9 Å². The second kappa shape index (κ2) is 11.8. The van der Waals surface area contributed by atoms with E-state index >= 15 is 0 Å². The Balaban J connectivity index is 1.44. The van der Waals surface area contributed by atoms with E-state index in [-0.39, 0.29) is 24.5 Å². The highest BCUT2D eigenvalue weighted by Crippen LogP contribution is 2.23. The van der Waals surface area contributed by atoms with Crippen molar-refractivity contribution in [2.45, 2.75) is 38.0 Å². The molecule has 1 aliphatic rings. The fourth-order valence-electron chi connectivity index (χ4n) is 4.77. The summed E-state index contributed by atoms with van der Waals surface area (Å²) in [6, 6.07) is 26.2. The summed E-state index contributed by atoms with van der Waals surface area (Å²) < 4.78 is 7.30. The molecule has 0 aliphatic carbocycles. The number of benzene rings is 3. The van der Waals surface area contributed by atoms with Gasteiger partial charge in [-0.15, -0.1) is 5.10 Å². The first kappa shape index (κ1) is 24.6. The van der Waals surface area contributed by atoms with Crippen LogP contribution in [0, 0.1) is 0 Å². The summed E-state index contributed by atoms with van der Waals surface area (Å²) in [5, 5.41) is 11.4. The van der Waals surface area contributed by atoms with E-state index in [9.17, 15) is 9.59 Å². The van der Waals surface area contributed by atoms with E-state index in [0.29, 0.717) is 19.5 Å². The first-order chi connectivity index (χ1) is 18.2. The van der Waals surface area contributed by atoms with Crippen molar-refractivity contribution in [3.63, 3.8) is 0 Å². The van der Waals surface area contributed by atoms with E-state index in [1.165, 1.54) is 0 Å². The molecule has 0 bridgehead atoms. The Bertz CT molecular complexity index is 1320. The second-order valence-corrected chi connectivity index (χ2v) is 9.25. The van der Waals surface area contributed by atoms with Gasteiger partial charge in [0.05, 0.1) is 11.6 Å². The molecule has 2 amide bonds. The molecular formula is C29H31N5O3. The highest BCUT2D eigenvalue weighted by molar-refractivity contribution is 5.89. The zero-order valence-electron chi connectivity index (χ0n) is 20.7. The number of carbonyl (C=O) groups is 2. The molecule has 1 fully saturated rings. The van der Waals surface area contributed by atoms with Gasteiger partial charge in [-0.2, -0.15) is 0 Å². The summed E-state index contributed by atoms with van der Waals surface area (Å²) in [6.07, 6.45) is 2.55. The predicted molar refractivity (Wildman–Crippen MR) is 141 cm³/mol. The second-order valence-electron chi connectivity index (χ2n) is 9.25. The molecule has 0 spiro atoms. The molecule has 1 N–H and O–H groups in total. The minimum Gasteiger partial charge on any atom is -0.376 e. The normalized spacial score (nSPS) is 15.9. The van der Waals surface area contributed by atoms with Crippen LogP contribution in [0.25, 0.3) is 11.0 Å². The molecule has 190 valence electrons. The van der Waals surface area contributed by atoms with Crippen LogP contribution in [0.2, 0.25) is 0 Å². The van der Waals surface area contributed by atoms with Crippen LogP contribution in [0.3, 0.4) is 0 Å². The van der Waals surface area contributed by atoms with Crippen molar-refractivity contribution in [1.82, 2.24) is 25.2 Å². The zero-order chi connectivity index (χ0) is 25.5. The van der Waals surface area contributed by atoms with Gasteiger partial charge in [0.15, 0.2) is 0 Å². The van der Waals surface area contributed by atoms with Gasteiger partial charge >= 0.3 is 0 Å². The van der Waals surface area contributed by atoms with Crippen LogP contribution in [0.5, 0.6) is 0 Å². The molecule has 8 nitrogen and oxygen atoms in total. The maximum atomic E-state index is 13.9. The lowest BCUT2D eigenvalue weighted by atomic mass is 10.0. The Morgan fingerprint density at radius 3 is 2.49 bits per heavy atom. The van der Waals surface area contributed by atoms with Crippen LogP contribution in [0.4, 0.5) is 0 Å². The van der Waals surface area contributed by atoms with Crippen LogP contribution in [0.15, 0.2) is 84.9 Å². The maximum absolute atomic E-state index is 13.9. The van der Waals surface area contributed by atoms with E-state index in [2.05, 4.69) is 15.6 Å². The summed E-state index contributed by atoms with van der Waals surface area (Å²) in [7, 11) is 0. The molecule has 2 atom stereocenters. The largest absolute Gasteiger partial charge is 0.376 e. The monoisotopic (exact) mass is 497 g/mol. The fourth-order valence-corrected chi connectivity index (χ4v) is 4.77. The Morgan fingerprint density at radius 2 is 1.73 bits per heavy atom. The van der Waals surface area contributed by atoms with Crippen LogP contribution in [0.1, 0.15) is 30.0 Å². The highest BCUT2D eigenvalue weighted by atomic mass is 16.5. The Hall–Kier alpha value is -4.04. The van der Waals surface area contributed by atoms with Crippen molar-refractivity contribution in [3.05, 3.63) is 96.1 Å². The van der Waals surface area contributed by atoms with E-state index in [0.717, 1.165) is 41.6 Å². The van der Waals surface area contributed by atoms with Gasteiger partial charge in [-0.1, -0.05) is 78.0 Å². The van der Waals surface area contributed by atoms with Gasteiger partial charge in [0.1, 0.15) is 18.1 Å². The van der Waals surface area contributed by atoms with Gasteiger partial charge in [0.2, 0.25) is 11.8 Å². The molecule has 8 heteroatoms. The van der Waals surface area contributed by atoms with Gasteiger partial charge in [0.25, 0.3) is 0 Å². The number of fused-ring (bicyclic) bond motifs is 1. The SMILES string of the molecule is O=C(NC[C@@H]1CCCO1)[C@H](c1ccccc1)N(CCc1ccccc1)C(=O)Cn1nnc2ccccc21. The Kier molecular flexibility index (Phi) is 7.86. The van der Waals surface area contributed by atoms with Gasteiger partial charge in [-0.05, 0) is 42.5 Å². The molecular weight excluding hydrogens is 466 g/mol. The number of nitrogens with one attached hydrogen (secondary N) is 1. The lowest BCUT2D eigenvalue weighted by Crippen LogP contribution is -2.47. The lowest BCUT2D eigenvalue weighted by molar-refractivity contribution is -0.141. The van der Waals surface area contributed by atoms with Crippen LogP contribution < -0.4 is 5.32 Å². The molecule has 1 aromatic heterocycles. The molecule has 2 heterocycles. The lowest BCUT2D eigenvalue weighted by Gasteiger charge is -2.32. The molecule has 0 unspecified atom stereocenters. The quantitative estimate of drug-likeness (QED) is 0.362. The van der Waals surface area contributed by atoms with Crippen molar-refractivity contribution >= 4 is 22.8 Å². The Morgan fingerprint density at radius 1 is 1.00 bits per heavy atom. The number of hydrogen-bond donors (Lipinski definition) is 1. The zero-order valence-corrected chi connectivity index (χ0v) is 20.7. The van der Waals surface area contributed by atoms with Crippen molar-refractivity contribution < 1.29 is 14.3 Å². The van der Waals surface area contributed by atoms with Gasteiger partial charge in [0, 0.05) is 19.7 Å². The summed E-state index contributed by atoms with van der Waals surface area (Å²) in [4.78, 5) is 29.2. The number of para-hydroxylation sites is 1. The molecule has 37 heavy (non-hydrogen) atoms. The smallest absolute Gasteiger partial charge is 0.247 e. The molecule has 0 saturated carbocycles. The number of aromatic nitrogens is 3. The van der Waals surface area contributed by atoms with Crippen LogP contribution in [-0.4, -0.2) is 57.5 Å². The fraction of sp³-hybridized carbons (Fsp3) is 0.310. The first-order valence-corrected chi connectivity index (χ1v) is 12.7. The third-order valence-electron chi connectivity index (χ3n) is 6.71. The third kappa shape index (κ3) is 6.03. The number of nitrogens with zero attached hydrogens (tertiary/aromatic N) is 4. The summed E-state index contributed by atoms with van der Waals surface area (Å²) >= 11 is 0. The summed E-state index contributed by atoms with van der Waals surface area (Å²) in [5.74, 6) is -0.417. The van der Waals surface area contributed by atoms with E-state index < -0.39 is 6.04 Å². The number of ether oxygens (including phenoxy) is 1. The van der Waals surface area contributed by atoms with Crippen LogP contribution >= 0.6 is 0 Å². The minimum absolute atomic E-state index is 0.00959. The average Bonchev–Trinajstić information content (AvgIpc) is 3.61. The maximum Gasteiger partial charge on any atom is 0.247 e. The predicted octanol–water partition coefficient (Wildman–Crippen LogP) is 3.54. The number of rotatable bonds is 10. The number of carbonyl (C=O) groups excluding carboxylic acids is 2. The molecule has 1 saturated heterocycles. The summed E-state index contributed by atoms with van der Waals surface area (Å²) in [5.41, 5.74) is 3.35. The topological polar surface area (TPSA) is 89.4 Å². The molecule has 3 aromatic carbocycles. The van der Waals surface area contributed by atoms with Gasteiger partial charge < -0.3 is 15.0 Å². The van der Waals surface area contributed by atoms with Crippen molar-refractivity contribution in [3.8, 4) is 0 Å². The first-order valence-electron chi connectivity index (χ1n) is 12.7. The van der Waals surface area contributed by atoms with Crippen molar-refractivity contribution in [2.24, 2.45) is 0 Å². The van der Waals surface area contributed by atoms with Gasteiger partial charge in [-0.3, -0.25) is 9.59 Å². The highest BCUT2D eigenvalue weighted by Gasteiger charge is 2.32. The average molecular weight is 498 g/mol. The number of hydrogen-bond acceptors (Lipinski definition) is 5. The molecule has 0 radical (unpaired) electrons. The standard InChI is InChI=1S/C29H31N5O3/c35-27(21-34-26-16-8-7-15-25(26)31-32-34)33(18-17-22-10-3-1-4-11-22)28(23-12-5-2-6-13-23)29(36)30-20-24-14-9-19-37-24/h1-8,10-13,15-16,24,28H,9,14,17-21H2,(H,30,36)/t24-,28-/m0/s1. The van der Waals surface area contributed by atoms with Crippen molar-refractivity contribution in [2.75, 3.05) is 19.7 Å². The van der Waals surface area contributed by atoms with E-state index in [4.69, 9.17) is 4.74 Å². The minimum atomic E-state index is -0.784. The van der Waals surface area contributed by atoms with Gasteiger partial charge in [-0.25, -0.2) is 4.68 Å². The molecule has 5 rings (SSSR count). The molecule has 1 aliphatic heterocycles. The number of amides is 2.